The van der Waals surface area contributed by atoms with Gasteiger partial charge in [-0.05, 0) is 12.1 Å². The monoisotopic (exact) mass is 223 g/mol. The Morgan fingerprint density at radius 2 is 1.93 bits per heavy atom. The molecule has 0 aliphatic rings. The minimum atomic E-state index is -4.60. The zero-order chi connectivity index (χ0) is 10.9. The molecule has 1 rings (SSSR count). The number of rotatable bonds is 1. The van der Waals surface area contributed by atoms with Gasteiger partial charge in [-0.3, -0.25) is 4.79 Å². The Bertz CT molecular complexity index is 376. The molecule has 14 heavy (non-hydrogen) atoms. The van der Waals surface area contributed by atoms with Crippen molar-refractivity contribution >= 4 is 23.6 Å². The Labute approximate surface area is 82.5 Å². The van der Waals surface area contributed by atoms with E-state index in [0.29, 0.717) is 6.07 Å². The lowest BCUT2D eigenvalue weighted by Gasteiger charge is -2.10. The Morgan fingerprint density at radius 1 is 1.36 bits per heavy atom. The highest BCUT2D eigenvalue weighted by Gasteiger charge is 2.33. The van der Waals surface area contributed by atoms with Crippen LogP contribution in [-0.4, -0.2) is 6.29 Å². The van der Waals surface area contributed by atoms with Gasteiger partial charge < -0.3 is 5.73 Å². The summed E-state index contributed by atoms with van der Waals surface area (Å²) in [6.45, 7) is 0. The van der Waals surface area contributed by atoms with Crippen LogP contribution in [0.25, 0.3) is 0 Å². The molecule has 0 atom stereocenters. The number of nitrogen functional groups attached to an aromatic ring is 1. The van der Waals surface area contributed by atoms with Gasteiger partial charge in [-0.15, -0.1) is 0 Å². The summed E-state index contributed by atoms with van der Waals surface area (Å²) in [5, 5.41) is -0.220. The van der Waals surface area contributed by atoms with Crippen LogP contribution in [0.2, 0.25) is 5.02 Å². The molecule has 0 aliphatic carbocycles. The van der Waals surface area contributed by atoms with Gasteiger partial charge in [-0.25, -0.2) is 0 Å². The molecule has 0 aliphatic heterocycles. The molecule has 0 saturated carbocycles. The van der Waals surface area contributed by atoms with Crippen molar-refractivity contribution in [2.24, 2.45) is 0 Å². The largest absolute Gasteiger partial charge is 0.417 e. The molecular weight excluding hydrogens is 219 g/mol. The van der Waals surface area contributed by atoms with Gasteiger partial charge in [0.15, 0.2) is 6.29 Å². The molecular formula is C8H5ClF3NO. The van der Waals surface area contributed by atoms with Crippen LogP contribution in [0.4, 0.5) is 18.9 Å². The summed E-state index contributed by atoms with van der Waals surface area (Å²) < 4.78 is 36.9. The fraction of sp³-hybridized carbons (Fsp3) is 0.125. The molecule has 0 aromatic heterocycles. The lowest BCUT2D eigenvalue weighted by Crippen LogP contribution is -2.09. The highest BCUT2D eigenvalue weighted by atomic mass is 35.5. The van der Waals surface area contributed by atoms with E-state index in [1.807, 2.05) is 0 Å². The number of aldehydes is 1. The first-order chi connectivity index (χ1) is 6.36. The van der Waals surface area contributed by atoms with Crippen LogP contribution >= 0.6 is 11.6 Å². The number of anilines is 1. The second-order valence-corrected chi connectivity index (χ2v) is 2.98. The summed E-state index contributed by atoms with van der Waals surface area (Å²) >= 11 is 5.41. The summed E-state index contributed by atoms with van der Waals surface area (Å²) in [4.78, 5) is 10.3. The van der Waals surface area contributed by atoms with Gasteiger partial charge in [0.2, 0.25) is 0 Å². The summed E-state index contributed by atoms with van der Waals surface area (Å²) in [7, 11) is 0. The van der Waals surface area contributed by atoms with Gasteiger partial charge >= 0.3 is 6.18 Å². The first-order valence-corrected chi connectivity index (χ1v) is 3.85. The van der Waals surface area contributed by atoms with Crippen LogP contribution in [0.3, 0.4) is 0 Å². The van der Waals surface area contributed by atoms with Crippen molar-refractivity contribution in [3.05, 3.63) is 28.3 Å². The van der Waals surface area contributed by atoms with E-state index in [-0.39, 0.29) is 17.0 Å². The average molecular weight is 224 g/mol. The minimum Gasteiger partial charge on any atom is -0.398 e. The Morgan fingerprint density at radius 3 is 2.36 bits per heavy atom. The van der Waals surface area contributed by atoms with Crippen LogP contribution < -0.4 is 5.73 Å². The molecule has 0 amide bonds. The topological polar surface area (TPSA) is 43.1 Å². The van der Waals surface area contributed by atoms with Gasteiger partial charge in [-0.1, -0.05) is 11.6 Å². The van der Waals surface area contributed by atoms with Crippen molar-refractivity contribution in [1.29, 1.82) is 0 Å². The number of halogens is 4. The number of benzene rings is 1. The average Bonchev–Trinajstić information content (AvgIpc) is 2.07. The zero-order valence-electron chi connectivity index (χ0n) is 6.73. The first-order valence-electron chi connectivity index (χ1n) is 3.47. The Hall–Kier alpha value is -1.23. The van der Waals surface area contributed by atoms with Crippen molar-refractivity contribution < 1.29 is 18.0 Å². The van der Waals surface area contributed by atoms with E-state index in [4.69, 9.17) is 17.3 Å². The summed E-state index contributed by atoms with van der Waals surface area (Å²) in [5.74, 6) is 0. The highest BCUT2D eigenvalue weighted by molar-refractivity contribution is 6.33. The third-order valence-corrected chi connectivity index (χ3v) is 1.93. The van der Waals surface area contributed by atoms with E-state index in [9.17, 15) is 18.0 Å². The maximum absolute atomic E-state index is 12.3. The summed E-state index contributed by atoms with van der Waals surface area (Å²) in [6, 6.07) is 1.54. The molecule has 2 N–H and O–H groups in total. The lowest BCUT2D eigenvalue weighted by molar-refractivity contribution is -0.137. The zero-order valence-corrected chi connectivity index (χ0v) is 7.49. The van der Waals surface area contributed by atoms with E-state index in [2.05, 4.69) is 0 Å². The molecule has 0 saturated heterocycles. The molecule has 0 fully saturated rings. The molecule has 0 spiro atoms. The highest BCUT2D eigenvalue weighted by Crippen LogP contribution is 2.35. The standard InChI is InChI=1S/C8H5ClF3NO/c9-6-2-5(8(10,11)12)4(3-14)1-7(6)13/h1-3H,13H2. The van der Waals surface area contributed by atoms with Gasteiger partial charge in [0, 0.05) is 5.56 Å². The smallest absolute Gasteiger partial charge is 0.398 e. The number of alkyl halides is 3. The molecule has 0 heterocycles. The van der Waals surface area contributed by atoms with E-state index >= 15 is 0 Å². The summed E-state index contributed by atoms with van der Waals surface area (Å²) in [5.41, 5.74) is 3.60. The third-order valence-electron chi connectivity index (χ3n) is 1.60. The van der Waals surface area contributed by atoms with Crippen molar-refractivity contribution in [3.63, 3.8) is 0 Å². The molecule has 1 aromatic carbocycles. The van der Waals surface area contributed by atoms with Crippen molar-refractivity contribution in [2.75, 3.05) is 5.73 Å². The maximum atomic E-state index is 12.3. The number of hydrogen-bond donors (Lipinski definition) is 1. The Balaban J connectivity index is 3.42. The van der Waals surface area contributed by atoms with E-state index in [1.54, 1.807) is 0 Å². The lowest BCUT2D eigenvalue weighted by atomic mass is 10.1. The summed E-state index contributed by atoms with van der Waals surface area (Å²) in [6.07, 6.45) is -4.51. The second-order valence-electron chi connectivity index (χ2n) is 2.58. The fourth-order valence-electron chi connectivity index (χ4n) is 0.951. The van der Waals surface area contributed by atoms with Crippen LogP contribution in [0.1, 0.15) is 15.9 Å². The van der Waals surface area contributed by atoms with Crippen molar-refractivity contribution in [2.45, 2.75) is 6.18 Å². The Kier molecular flexibility index (Phi) is 2.71. The molecule has 0 bridgehead atoms. The quantitative estimate of drug-likeness (QED) is 0.588. The molecule has 1 aromatic rings. The predicted molar refractivity (Wildman–Crippen MR) is 46.3 cm³/mol. The number of carbonyl (C=O) groups excluding carboxylic acids is 1. The van der Waals surface area contributed by atoms with E-state index < -0.39 is 17.3 Å². The molecule has 2 nitrogen and oxygen atoms in total. The van der Waals surface area contributed by atoms with Crippen molar-refractivity contribution in [1.82, 2.24) is 0 Å². The van der Waals surface area contributed by atoms with Crippen LogP contribution in [0, 0.1) is 0 Å². The molecule has 76 valence electrons. The molecule has 0 unspecified atom stereocenters. The normalized spacial score (nSPS) is 11.4. The number of hydrogen-bond acceptors (Lipinski definition) is 2. The van der Waals surface area contributed by atoms with E-state index in [0.717, 1.165) is 6.07 Å². The SMILES string of the molecule is Nc1cc(C=O)c(C(F)(F)F)cc1Cl. The van der Waals surface area contributed by atoms with Crippen molar-refractivity contribution in [3.8, 4) is 0 Å². The number of nitrogens with two attached hydrogens (primary N) is 1. The minimum absolute atomic E-state index is 0.0539. The fourth-order valence-corrected chi connectivity index (χ4v) is 1.11. The second kappa shape index (κ2) is 3.49. The van der Waals surface area contributed by atoms with Gasteiger partial charge in [0.25, 0.3) is 0 Å². The van der Waals surface area contributed by atoms with Crippen LogP contribution in [0.5, 0.6) is 0 Å². The molecule has 6 heteroatoms. The van der Waals surface area contributed by atoms with Gasteiger partial charge in [0.05, 0.1) is 16.3 Å². The van der Waals surface area contributed by atoms with Crippen LogP contribution in [-0.2, 0) is 6.18 Å². The molecule has 0 radical (unpaired) electrons. The van der Waals surface area contributed by atoms with Gasteiger partial charge in [0.1, 0.15) is 0 Å². The van der Waals surface area contributed by atoms with Crippen LogP contribution in [0.15, 0.2) is 12.1 Å². The third kappa shape index (κ3) is 1.98. The van der Waals surface area contributed by atoms with Gasteiger partial charge in [-0.2, -0.15) is 13.2 Å². The maximum Gasteiger partial charge on any atom is 0.417 e. The first kappa shape index (κ1) is 10.8. The number of carbonyl (C=O) groups is 1. The predicted octanol–water partition coefficient (Wildman–Crippen LogP) is 2.75. The van der Waals surface area contributed by atoms with E-state index in [1.165, 1.54) is 0 Å².